The van der Waals surface area contributed by atoms with E-state index < -0.39 is 11.7 Å². The molecule has 0 aromatic heterocycles. The van der Waals surface area contributed by atoms with Crippen molar-refractivity contribution in [1.82, 2.24) is 0 Å². The number of carbonyl (C=O) groups is 3. The molecule has 2 heterocycles. The summed E-state index contributed by atoms with van der Waals surface area (Å²) < 4.78 is 5.89. The molecule has 1 saturated heterocycles. The van der Waals surface area contributed by atoms with E-state index in [4.69, 9.17) is 4.74 Å². The van der Waals surface area contributed by atoms with Crippen LogP contribution in [0.1, 0.15) is 30.1 Å². The standard InChI is InChI=1S/C17H19BrN2O4/c1-2-24-17(23)11-4-3-7-19(9-11)10-20-14-6-5-12(18)8-13(14)15(21)16(20)22/h5-6,8,11H,2-4,7,9-10H2,1H3/p+1/t11-/m0/s1. The van der Waals surface area contributed by atoms with Crippen LogP contribution in [0.4, 0.5) is 5.69 Å². The minimum absolute atomic E-state index is 0.133. The van der Waals surface area contributed by atoms with E-state index in [0.29, 0.717) is 31.1 Å². The Balaban J connectivity index is 1.73. The van der Waals surface area contributed by atoms with Crippen molar-refractivity contribution in [3.63, 3.8) is 0 Å². The van der Waals surface area contributed by atoms with Gasteiger partial charge in [-0.15, -0.1) is 0 Å². The monoisotopic (exact) mass is 395 g/mol. The number of ketones is 1. The summed E-state index contributed by atoms with van der Waals surface area (Å²) in [6.07, 6.45) is 1.72. The number of Topliss-reactive ketones (excluding diaryl/α,β-unsaturated/α-hetero) is 1. The van der Waals surface area contributed by atoms with E-state index in [-0.39, 0.29) is 11.9 Å². The Bertz CT molecular complexity index is 691. The first-order valence-corrected chi connectivity index (χ1v) is 8.96. The minimum atomic E-state index is -0.492. The molecular formula is C17H20BrN2O4+. The van der Waals surface area contributed by atoms with Crippen LogP contribution in [0, 0.1) is 5.92 Å². The highest BCUT2D eigenvalue weighted by molar-refractivity contribution is 9.10. The van der Waals surface area contributed by atoms with Gasteiger partial charge < -0.3 is 9.64 Å². The van der Waals surface area contributed by atoms with E-state index in [9.17, 15) is 14.4 Å². The summed E-state index contributed by atoms with van der Waals surface area (Å²) in [5.74, 6) is -1.26. The average molecular weight is 396 g/mol. The molecule has 0 aliphatic carbocycles. The van der Waals surface area contributed by atoms with Crippen LogP contribution < -0.4 is 9.80 Å². The summed E-state index contributed by atoms with van der Waals surface area (Å²) in [6.45, 7) is 4.08. The molecule has 2 atom stereocenters. The number of hydrogen-bond donors (Lipinski definition) is 1. The highest BCUT2D eigenvalue weighted by Crippen LogP contribution is 2.30. The molecule has 0 radical (unpaired) electrons. The fourth-order valence-corrected chi connectivity index (χ4v) is 3.77. The fraction of sp³-hybridized carbons (Fsp3) is 0.471. The number of hydrogen-bond acceptors (Lipinski definition) is 4. The molecule has 7 heteroatoms. The predicted octanol–water partition coefficient (Wildman–Crippen LogP) is 0.794. The number of halogens is 1. The van der Waals surface area contributed by atoms with Gasteiger partial charge in [-0.1, -0.05) is 15.9 Å². The smallest absolute Gasteiger partial charge is 0.314 e. The van der Waals surface area contributed by atoms with Gasteiger partial charge in [0.2, 0.25) is 0 Å². The number of benzene rings is 1. The Morgan fingerprint density at radius 2 is 2.21 bits per heavy atom. The SMILES string of the molecule is CCOC(=O)[C@H]1CCC[NH+](CN2C(=O)C(=O)c3cc(Br)ccc32)C1. The predicted molar refractivity (Wildman–Crippen MR) is 90.9 cm³/mol. The molecule has 2 aliphatic heterocycles. The number of nitrogens with one attached hydrogen (secondary N) is 1. The summed E-state index contributed by atoms with van der Waals surface area (Å²) in [6, 6.07) is 5.29. The van der Waals surface area contributed by atoms with Crippen molar-refractivity contribution in [2.75, 3.05) is 31.3 Å². The van der Waals surface area contributed by atoms with Gasteiger partial charge in [0.15, 0.2) is 6.67 Å². The van der Waals surface area contributed by atoms with Gasteiger partial charge in [-0.3, -0.25) is 19.3 Å². The van der Waals surface area contributed by atoms with Crippen molar-refractivity contribution in [2.24, 2.45) is 5.92 Å². The van der Waals surface area contributed by atoms with E-state index >= 15 is 0 Å². The lowest BCUT2D eigenvalue weighted by atomic mass is 9.98. The molecule has 24 heavy (non-hydrogen) atoms. The quantitative estimate of drug-likeness (QED) is 0.604. The van der Waals surface area contributed by atoms with Gasteiger partial charge in [-0.05, 0) is 38.0 Å². The zero-order valence-electron chi connectivity index (χ0n) is 13.5. The highest BCUT2D eigenvalue weighted by Gasteiger charge is 2.39. The summed E-state index contributed by atoms with van der Waals surface area (Å²) >= 11 is 3.33. The van der Waals surface area contributed by atoms with Crippen LogP contribution in [-0.2, 0) is 14.3 Å². The second-order valence-corrected chi connectivity index (χ2v) is 7.09. The second kappa shape index (κ2) is 7.03. The molecule has 0 spiro atoms. The maximum absolute atomic E-state index is 12.3. The molecule has 1 N–H and O–H groups in total. The Hall–Kier alpha value is -1.73. The Labute approximate surface area is 148 Å². The third-order valence-corrected chi connectivity index (χ3v) is 5.05. The zero-order valence-corrected chi connectivity index (χ0v) is 15.1. The zero-order chi connectivity index (χ0) is 17.3. The fourth-order valence-electron chi connectivity index (χ4n) is 3.41. The van der Waals surface area contributed by atoms with Gasteiger partial charge in [0, 0.05) is 4.47 Å². The molecular weight excluding hydrogens is 376 g/mol. The lowest BCUT2D eigenvalue weighted by Crippen LogP contribution is -3.15. The van der Waals surface area contributed by atoms with E-state index in [1.807, 2.05) is 6.07 Å². The number of anilines is 1. The number of fused-ring (bicyclic) bond motifs is 1. The van der Waals surface area contributed by atoms with Crippen LogP contribution >= 0.6 is 15.9 Å². The largest absolute Gasteiger partial charge is 0.466 e. The lowest BCUT2D eigenvalue weighted by Gasteiger charge is -2.31. The second-order valence-electron chi connectivity index (χ2n) is 6.18. The summed E-state index contributed by atoms with van der Waals surface area (Å²) in [7, 11) is 0. The van der Waals surface area contributed by atoms with Crippen LogP contribution in [0.5, 0.6) is 0 Å². The molecule has 2 aliphatic rings. The highest BCUT2D eigenvalue weighted by atomic mass is 79.9. The summed E-state index contributed by atoms with van der Waals surface area (Å²) in [5.41, 5.74) is 1.09. The van der Waals surface area contributed by atoms with Crippen LogP contribution in [0.25, 0.3) is 0 Å². The lowest BCUT2D eigenvalue weighted by molar-refractivity contribution is -0.906. The van der Waals surface area contributed by atoms with Gasteiger partial charge in [0.25, 0.3) is 5.78 Å². The summed E-state index contributed by atoms with van der Waals surface area (Å²) in [4.78, 5) is 39.1. The Morgan fingerprint density at radius 1 is 1.42 bits per heavy atom. The number of amides is 1. The minimum Gasteiger partial charge on any atom is -0.466 e. The number of rotatable bonds is 4. The molecule has 1 unspecified atom stereocenters. The molecule has 128 valence electrons. The number of likely N-dealkylation sites (tertiary alicyclic amines) is 1. The first-order valence-electron chi connectivity index (χ1n) is 8.17. The van der Waals surface area contributed by atoms with E-state index in [0.717, 1.165) is 28.8 Å². The van der Waals surface area contributed by atoms with Crippen LogP contribution in [0.2, 0.25) is 0 Å². The number of quaternary nitrogens is 1. The van der Waals surface area contributed by atoms with Gasteiger partial charge in [0.1, 0.15) is 5.92 Å². The van der Waals surface area contributed by atoms with Crippen molar-refractivity contribution in [2.45, 2.75) is 19.8 Å². The Kier molecular flexibility index (Phi) is 5.01. The number of carbonyl (C=O) groups excluding carboxylic acids is 3. The normalized spacial score (nSPS) is 23.3. The first kappa shape index (κ1) is 17.1. The van der Waals surface area contributed by atoms with E-state index in [1.54, 1.807) is 19.1 Å². The number of esters is 1. The maximum Gasteiger partial charge on any atom is 0.314 e. The molecule has 6 nitrogen and oxygen atoms in total. The molecule has 0 saturated carbocycles. The molecule has 1 aromatic rings. The van der Waals surface area contributed by atoms with Gasteiger partial charge >= 0.3 is 11.9 Å². The number of nitrogens with zero attached hydrogens (tertiary/aromatic N) is 1. The van der Waals surface area contributed by atoms with Crippen molar-refractivity contribution in [3.05, 3.63) is 28.2 Å². The topological polar surface area (TPSA) is 68.1 Å². The number of piperidine rings is 1. The Morgan fingerprint density at radius 3 is 2.96 bits per heavy atom. The molecule has 0 bridgehead atoms. The molecule has 1 fully saturated rings. The molecule has 1 aromatic carbocycles. The van der Waals surface area contributed by atoms with Gasteiger partial charge in [-0.25, -0.2) is 0 Å². The molecule has 3 rings (SSSR count). The third kappa shape index (κ3) is 3.23. The maximum atomic E-state index is 12.3. The van der Waals surface area contributed by atoms with Crippen molar-refractivity contribution in [3.8, 4) is 0 Å². The van der Waals surface area contributed by atoms with Crippen molar-refractivity contribution in [1.29, 1.82) is 0 Å². The van der Waals surface area contributed by atoms with Crippen LogP contribution in [0.15, 0.2) is 22.7 Å². The van der Waals surface area contributed by atoms with Gasteiger partial charge in [0.05, 0.1) is 30.9 Å². The number of ether oxygens (including phenoxy) is 1. The van der Waals surface area contributed by atoms with Crippen LogP contribution in [-0.4, -0.2) is 44.0 Å². The van der Waals surface area contributed by atoms with E-state index in [2.05, 4.69) is 15.9 Å². The first-order chi connectivity index (χ1) is 11.5. The summed E-state index contributed by atoms with van der Waals surface area (Å²) in [5, 5.41) is 0. The average Bonchev–Trinajstić information content (AvgIpc) is 2.80. The third-order valence-electron chi connectivity index (χ3n) is 4.55. The van der Waals surface area contributed by atoms with Crippen molar-refractivity contribution >= 4 is 39.3 Å². The molecule has 1 amide bonds. The van der Waals surface area contributed by atoms with Gasteiger partial charge in [-0.2, -0.15) is 0 Å². The van der Waals surface area contributed by atoms with E-state index in [1.165, 1.54) is 4.90 Å². The van der Waals surface area contributed by atoms with Crippen LogP contribution in [0.3, 0.4) is 0 Å². The van der Waals surface area contributed by atoms with Crippen molar-refractivity contribution < 1.29 is 24.0 Å².